The third-order valence-corrected chi connectivity index (χ3v) is 2.95. The second kappa shape index (κ2) is 2.74. The molecule has 3 atom stereocenters. The van der Waals surface area contributed by atoms with Crippen molar-refractivity contribution < 1.29 is 0 Å². The van der Waals surface area contributed by atoms with Crippen molar-refractivity contribution in [2.24, 2.45) is 17.8 Å². The lowest BCUT2D eigenvalue weighted by atomic mass is 9.71. The second-order valence-electron chi connectivity index (χ2n) is 3.86. The van der Waals surface area contributed by atoms with Crippen LogP contribution in [-0.4, -0.2) is 0 Å². The Hall–Kier alpha value is -0.700. The molecule has 0 radical (unpaired) electrons. The van der Waals surface area contributed by atoms with Gasteiger partial charge in [-0.3, -0.25) is 0 Å². The van der Waals surface area contributed by atoms with Crippen LogP contribution in [0, 0.1) is 30.1 Å². The summed E-state index contributed by atoms with van der Waals surface area (Å²) in [6.45, 7) is 0. The van der Waals surface area contributed by atoms with Gasteiger partial charge in [0.2, 0.25) is 0 Å². The molecule has 0 nitrogen and oxygen atoms in total. The van der Waals surface area contributed by atoms with Gasteiger partial charge >= 0.3 is 0 Å². The molecule has 0 N–H and O–H groups in total. The van der Waals surface area contributed by atoms with Gasteiger partial charge in [-0.2, -0.15) is 0 Å². The molecule has 11 heavy (non-hydrogen) atoms. The van der Waals surface area contributed by atoms with Crippen LogP contribution in [0.25, 0.3) is 0 Å². The maximum atomic E-state index is 5.43. The molecule has 2 aliphatic carbocycles. The van der Waals surface area contributed by atoms with Crippen molar-refractivity contribution in [3.8, 4) is 12.3 Å². The van der Waals surface area contributed by atoms with Gasteiger partial charge in [-0.15, -0.1) is 12.3 Å². The number of allylic oxidation sites excluding steroid dienone is 2. The van der Waals surface area contributed by atoms with Gasteiger partial charge < -0.3 is 0 Å². The Kier molecular flexibility index (Phi) is 1.74. The lowest BCUT2D eigenvalue weighted by Gasteiger charge is -2.33. The quantitative estimate of drug-likeness (QED) is 0.364. The largest absolute Gasteiger partial charge is 0.120 e. The van der Waals surface area contributed by atoms with Gasteiger partial charge in [0, 0.05) is 5.92 Å². The van der Waals surface area contributed by atoms with Crippen molar-refractivity contribution in [2.45, 2.75) is 25.7 Å². The fourth-order valence-corrected chi connectivity index (χ4v) is 2.43. The molecule has 1 fully saturated rings. The average Bonchev–Trinajstić information content (AvgIpc) is 2.03. The summed E-state index contributed by atoms with van der Waals surface area (Å²) in [6.07, 6.45) is 15.3. The molecule has 2 aliphatic rings. The summed E-state index contributed by atoms with van der Waals surface area (Å²) in [7, 11) is 0. The first-order valence-electron chi connectivity index (χ1n) is 4.51. The number of hydrogen-bond donors (Lipinski definition) is 0. The van der Waals surface area contributed by atoms with Crippen molar-refractivity contribution >= 4 is 0 Å². The van der Waals surface area contributed by atoms with Crippen molar-refractivity contribution in [3.05, 3.63) is 12.2 Å². The highest BCUT2D eigenvalue weighted by atomic mass is 14.3. The fourth-order valence-electron chi connectivity index (χ4n) is 2.43. The molecule has 2 bridgehead atoms. The van der Waals surface area contributed by atoms with E-state index in [0.717, 1.165) is 11.8 Å². The van der Waals surface area contributed by atoms with Crippen LogP contribution in [0.3, 0.4) is 0 Å². The highest BCUT2D eigenvalue weighted by molar-refractivity contribution is 5.06. The Balaban J connectivity index is 2.09. The minimum absolute atomic E-state index is 0.573. The van der Waals surface area contributed by atoms with Crippen LogP contribution in [0.4, 0.5) is 0 Å². The summed E-state index contributed by atoms with van der Waals surface area (Å²) in [5.74, 6) is 5.18. The van der Waals surface area contributed by atoms with Gasteiger partial charge in [-0.1, -0.05) is 12.2 Å². The van der Waals surface area contributed by atoms with Crippen molar-refractivity contribution in [2.75, 3.05) is 0 Å². The summed E-state index contributed by atoms with van der Waals surface area (Å²) in [5, 5.41) is 0. The number of rotatable bonds is 0. The minimum atomic E-state index is 0.573. The predicted molar refractivity (Wildman–Crippen MR) is 46.9 cm³/mol. The minimum Gasteiger partial charge on any atom is -0.120 e. The zero-order valence-corrected chi connectivity index (χ0v) is 6.79. The number of fused-ring (bicyclic) bond motifs is 2. The maximum Gasteiger partial charge on any atom is 0.0208 e. The van der Waals surface area contributed by atoms with E-state index < -0.39 is 0 Å². The van der Waals surface area contributed by atoms with Gasteiger partial charge in [0.1, 0.15) is 0 Å². The topological polar surface area (TPSA) is 0 Å². The van der Waals surface area contributed by atoms with Crippen LogP contribution >= 0.6 is 0 Å². The maximum absolute atomic E-state index is 5.43. The highest BCUT2D eigenvalue weighted by Crippen LogP contribution is 2.38. The summed E-state index contributed by atoms with van der Waals surface area (Å²) in [6, 6.07) is 0. The third-order valence-electron chi connectivity index (χ3n) is 2.95. The van der Waals surface area contributed by atoms with Crippen molar-refractivity contribution in [3.63, 3.8) is 0 Å². The first-order valence-corrected chi connectivity index (χ1v) is 4.51. The predicted octanol–water partition coefficient (Wildman–Crippen LogP) is 2.61. The van der Waals surface area contributed by atoms with Gasteiger partial charge in [-0.25, -0.2) is 0 Å². The Morgan fingerprint density at radius 3 is 2.91 bits per heavy atom. The Morgan fingerprint density at radius 2 is 2.18 bits per heavy atom. The zero-order valence-electron chi connectivity index (χ0n) is 6.79. The van der Waals surface area contributed by atoms with E-state index in [4.69, 9.17) is 6.42 Å². The van der Waals surface area contributed by atoms with E-state index in [0.29, 0.717) is 5.92 Å². The highest BCUT2D eigenvalue weighted by Gasteiger charge is 2.27. The monoisotopic (exact) mass is 146 g/mol. The molecule has 0 heterocycles. The molecule has 2 rings (SSSR count). The lowest BCUT2D eigenvalue weighted by molar-refractivity contribution is 0.251. The van der Waals surface area contributed by atoms with Crippen molar-refractivity contribution in [1.82, 2.24) is 0 Å². The van der Waals surface area contributed by atoms with Crippen LogP contribution in [0.2, 0.25) is 0 Å². The fraction of sp³-hybridized carbons (Fsp3) is 0.636. The van der Waals surface area contributed by atoms with E-state index in [1.54, 1.807) is 0 Å². The Morgan fingerprint density at radius 1 is 1.27 bits per heavy atom. The molecule has 0 amide bonds. The van der Waals surface area contributed by atoms with Crippen LogP contribution < -0.4 is 0 Å². The second-order valence-corrected chi connectivity index (χ2v) is 3.86. The molecule has 0 heteroatoms. The molecule has 0 aromatic rings. The van der Waals surface area contributed by atoms with E-state index in [-0.39, 0.29) is 0 Å². The average molecular weight is 146 g/mol. The summed E-state index contributed by atoms with van der Waals surface area (Å²) in [5.41, 5.74) is 0. The van der Waals surface area contributed by atoms with Gasteiger partial charge in [0.25, 0.3) is 0 Å². The molecule has 58 valence electrons. The van der Waals surface area contributed by atoms with Crippen LogP contribution in [-0.2, 0) is 0 Å². The number of terminal acetylenes is 1. The van der Waals surface area contributed by atoms with Crippen molar-refractivity contribution in [1.29, 1.82) is 0 Å². The Bertz CT molecular complexity index is 207. The van der Waals surface area contributed by atoms with Gasteiger partial charge in [0.05, 0.1) is 0 Å². The SMILES string of the molecule is C#C[C@H]1C[C@H]2C=CC[C@@H](C1)C2. The molecule has 0 spiro atoms. The summed E-state index contributed by atoms with van der Waals surface area (Å²) in [4.78, 5) is 0. The van der Waals surface area contributed by atoms with Gasteiger partial charge in [0.15, 0.2) is 0 Å². The van der Waals surface area contributed by atoms with Crippen LogP contribution in [0.5, 0.6) is 0 Å². The molecule has 0 aromatic carbocycles. The molecular weight excluding hydrogens is 132 g/mol. The van der Waals surface area contributed by atoms with E-state index in [9.17, 15) is 0 Å². The van der Waals surface area contributed by atoms with E-state index in [1.807, 2.05) is 0 Å². The number of hydrogen-bond acceptors (Lipinski definition) is 0. The van der Waals surface area contributed by atoms with E-state index in [2.05, 4.69) is 18.1 Å². The normalized spacial score (nSPS) is 41.5. The molecule has 0 aromatic heterocycles. The van der Waals surface area contributed by atoms with Gasteiger partial charge in [-0.05, 0) is 37.5 Å². The Labute approximate surface area is 68.7 Å². The lowest BCUT2D eigenvalue weighted by Crippen LogP contribution is -2.23. The van der Waals surface area contributed by atoms with E-state index >= 15 is 0 Å². The molecule has 0 unspecified atom stereocenters. The third kappa shape index (κ3) is 1.33. The first-order chi connectivity index (χ1) is 5.38. The van der Waals surface area contributed by atoms with E-state index in [1.165, 1.54) is 25.7 Å². The molecule has 0 aliphatic heterocycles. The molecule has 0 saturated heterocycles. The van der Waals surface area contributed by atoms with Crippen LogP contribution in [0.1, 0.15) is 25.7 Å². The smallest absolute Gasteiger partial charge is 0.0208 e. The first kappa shape index (κ1) is 6.98. The standard InChI is InChI=1S/C11H14/c1-2-9-6-10-4-3-5-11(7-9)8-10/h1,3-4,9-11H,5-8H2/t9-,10+,11-/m0/s1. The molecular formula is C11H14. The summed E-state index contributed by atoms with van der Waals surface area (Å²) >= 11 is 0. The summed E-state index contributed by atoms with van der Waals surface area (Å²) < 4.78 is 0. The van der Waals surface area contributed by atoms with Crippen LogP contribution in [0.15, 0.2) is 12.2 Å². The molecule has 1 saturated carbocycles. The zero-order chi connectivity index (χ0) is 7.68.